The minimum Gasteiger partial charge on any atom is -0.290 e. The third kappa shape index (κ3) is 3.75. The first-order valence-corrected chi connectivity index (χ1v) is 5.43. The molecule has 1 aliphatic heterocycles. The Morgan fingerprint density at radius 3 is 3.00 bits per heavy atom. The van der Waals surface area contributed by atoms with E-state index in [1.165, 1.54) is 25.7 Å². The maximum atomic E-state index is 4.33. The molecule has 1 heterocycles. The molecule has 0 amide bonds. The highest BCUT2D eigenvalue weighted by atomic mass is 14.8. The number of allylic oxidation sites excluding steroid dienone is 1. The summed E-state index contributed by atoms with van der Waals surface area (Å²) in [4.78, 5) is 4.33. The second-order valence-corrected chi connectivity index (χ2v) is 4.23. The lowest BCUT2D eigenvalue weighted by Crippen LogP contribution is -2.06. The lowest BCUT2D eigenvalue weighted by atomic mass is 9.95. The minimum absolute atomic E-state index is 0.511. The number of aliphatic imine (C=N–C) groups is 1. The van der Waals surface area contributed by atoms with Crippen LogP contribution in [0.4, 0.5) is 0 Å². The quantitative estimate of drug-likeness (QED) is 0.625. The van der Waals surface area contributed by atoms with Crippen molar-refractivity contribution in [1.82, 2.24) is 0 Å². The third-order valence-electron chi connectivity index (χ3n) is 2.86. The molecule has 1 rings (SSSR count). The van der Waals surface area contributed by atoms with Gasteiger partial charge in [-0.25, -0.2) is 0 Å². The highest BCUT2D eigenvalue weighted by Gasteiger charge is 2.08. The first kappa shape index (κ1) is 10.5. The number of hydrogen-bond donors (Lipinski definition) is 0. The predicted molar refractivity (Wildman–Crippen MR) is 59.3 cm³/mol. The zero-order valence-electron chi connectivity index (χ0n) is 9.09. The molecule has 0 radical (unpaired) electrons. The molecular formula is C12H21N. The van der Waals surface area contributed by atoms with Gasteiger partial charge in [0.1, 0.15) is 0 Å². The molecule has 1 aliphatic rings. The molecule has 1 nitrogen and oxygen atoms in total. The summed E-state index contributed by atoms with van der Waals surface area (Å²) in [5, 5.41) is 0. The molecule has 0 fully saturated rings. The van der Waals surface area contributed by atoms with Gasteiger partial charge in [-0.15, -0.1) is 0 Å². The predicted octanol–water partition coefficient (Wildman–Crippen LogP) is 3.60. The van der Waals surface area contributed by atoms with Crippen LogP contribution >= 0.6 is 0 Å². The lowest BCUT2D eigenvalue weighted by molar-refractivity contribution is 0.507. The Hall–Kier alpha value is -0.590. The molecule has 0 bridgehead atoms. The van der Waals surface area contributed by atoms with Gasteiger partial charge in [0, 0.05) is 6.21 Å². The van der Waals surface area contributed by atoms with Crippen molar-refractivity contribution in [3.05, 3.63) is 11.6 Å². The molecule has 0 saturated heterocycles. The summed E-state index contributed by atoms with van der Waals surface area (Å²) in [6.07, 6.45) is 9.25. The van der Waals surface area contributed by atoms with Gasteiger partial charge in [0.2, 0.25) is 0 Å². The van der Waals surface area contributed by atoms with Crippen LogP contribution in [-0.2, 0) is 0 Å². The molecule has 1 heteroatoms. The van der Waals surface area contributed by atoms with Gasteiger partial charge in [-0.2, -0.15) is 0 Å². The van der Waals surface area contributed by atoms with Gasteiger partial charge < -0.3 is 0 Å². The van der Waals surface area contributed by atoms with Crippen LogP contribution in [0.15, 0.2) is 16.6 Å². The van der Waals surface area contributed by atoms with E-state index < -0.39 is 0 Å². The van der Waals surface area contributed by atoms with Crippen molar-refractivity contribution in [3.63, 3.8) is 0 Å². The molecule has 0 aromatic carbocycles. The van der Waals surface area contributed by atoms with Crippen molar-refractivity contribution in [1.29, 1.82) is 0 Å². The summed E-state index contributed by atoms with van der Waals surface area (Å²) in [6, 6.07) is 0.511. The van der Waals surface area contributed by atoms with Gasteiger partial charge in [-0.05, 0) is 38.2 Å². The number of nitrogens with zero attached hydrogens (tertiary/aromatic N) is 1. The normalized spacial score (nSPS) is 24.2. The molecular weight excluding hydrogens is 158 g/mol. The highest BCUT2D eigenvalue weighted by molar-refractivity contribution is 5.73. The van der Waals surface area contributed by atoms with Crippen molar-refractivity contribution >= 4 is 6.21 Å². The van der Waals surface area contributed by atoms with Crippen LogP contribution in [-0.4, -0.2) is 12.3 Å². The molecule has 0 saturated carbocycles. The number of hydrogen-bond acceptors (Lipinski definition) is 1. The first-order valence-electron chi connectivity index (χ1n) is 5.43. The molecule has 1 unspecified atom stereocenters. The lowest BCUT2D eigenvalue weighted by Gasteiger charge is -2.15. The van der Waals surface area contributed by atoms with Gasteiger partial charge in [0.15, 0.2) is 0 Å². The molecule has 0 aromatic rings. The van der Waals surface area contributed by atoms with Crippen molar-refractivity contribution < 1.29 is 0 Å². The van der Waals surface area contributed by atoms with E-state index in [0.717, 1.165) is 5.92 Å². The van der Waals surface area contributed by atoms with Crippen molar-refractivity contribution in [2.45, 2.75) is 52.5 Å². The third-order valence-corrected chi connectivity index (χ3v) is 2.86. The smallest absolute Gasteiger partial charge is 0.0508 e. The molecule has 2 atom stereocenters. The van der Waals surface area contributed by atoms with Gasteiger partial charge in [0.25, 0.3) is 0 Å². The summed E-state index contributed by atoms with van der Waals surface area (Å²) < 4.78 is 0. The average molecular weight is 179 g/mol. The monoisotopic (exact) mass is 179 g/mol. The Labute approximate surface area is 82.0 Å². The molecule has 0 spiro atoms. The van der Waals surface area contributed by atoms with E-state index in [1.807, 2.05) is 6.21 Å². The fraction of sp³-hybridized carbons (Fsp3) is 0.750. The fourth-order valence-electron chi connectivity index (χ4n) is 1.62. The van der Waals surface area contributed by atoms with Crippen LogP contribution in [0.3, 0.4) is 0 Å². The van der Waals surface area contributed by atoms with Crippen LogP contribution in [0.25, 0.3) is 0 Å². The van der Waals surface area contributed by atoms with Crippen molar-refractivity contribution in [2.24, 2.45) is 10.9 Å². The summed E-state index contributed by atoms with van der Waals surface area (Å²) in [5.41, 5.74) is 1.59. The first-order chi connectivity index (χ1) is 6.22. The van der Waals surface area contributed by atoms with E-state index in [-0.39, 0.29) is 0 Å². The van der Waals surface area contributed by atoms with Crippen LogP contribution in [0.1, 0.15) is 46.5 Å². The van der Waals surface area contributed by atoms with Gasteiger partial charge in [0.05, 0.1) is 6.04 Å². The average Bonchev–Trinajstić information content (AvgIpc) is 2.14. The molecule has 74 valence electrons. The Morgan fingerprint density at radius 2 is 2.38 bits per heavy atom. The van der Waals surface area contributed by atoms with Gasteiger partial charge >= 0.3 is 0 Å². The molecule has 13 heavy (non-hydrogen) atoms. The maximum absolute atomic E-state index is 4.33. The van der Waals surface area contributed by atoms with Crippen LogP contribution < -0.4 is 0 Å². The Kier molecular flexibility index (Phi) is 4.20. The van der Waals surface area contributed by atoms with E-state index in [1.54, 1.807) is 5.57 Å². The zero-order chi connectivity index (χ0) is 9.68. The van der Waals surface area contributed by atoms with E-state index in [0.29, 0.717) is 6.04 Å². The van der Waals surface area contributed by atoms with Crippen LogP contribution in [0, 0.1) is 5.92 Å². The second-order valence-electron chi connectivity index (χ2n) is 4.23. The number of rotatable bonds is 4. The summed E-state index contributed by atoms with van der Waals surface area (Å²) >= 11 is 0. The SMILES string of the molecule is CC[C@@H](C)CCC1=CC=NC(C)C1. The van der Waals surface area contributed by atoms with Crippen LogP contribution in [0.5, 0.6) is 0 Å². The standard InChI is InChI=1S/C12H21N/c1-4-10(2)5-6-12-7-8-13-11(3)9-12/h7-8,10-11H,4-6,9H2,1-3H3/t10-,11?/m1/s1. The van der Waals surface area contributed by atoms with E-state index in [9.17, 15) is 0 Å². The van der Waals surface area contributed by atoms with E-state index >= 15 is 0 Å². The maximum Gasteiger partial charge on any atom is 0.0508 e. The van der Waals surface area contributed by atoms with Gasteiger partial charge in [-0.1, -0.05) is 25.8 Å². The summed E-state index contributed by atoms with van der Waals surface area (Å²) in [7, 11) is 0. The Balaban J connectivity index is 2.29. The van der Waals surface area contributed by atoms with E-state index in [4.69, 9.17) is 0 Å². The zero-order valence-corrected chi connectivity index (χ0v) is 9.09. The molecule has 0 aromatic heterocycles. The number of dihydropyridines is 1. The fourth-order valence-corrected chi connectivity index (χ4v) is 1.62. The topological polar surface area (TPSA) is 12.4 Å². The second kappa shape index (κ2) is 5.21. The Morgan fingerprint density at radius 1 is 1.62 bits per heavy atom. The minimum atomic E-state index is 0.511. The van der Waals surface area contributed by atoms with Crippen molar-refractivity contribution in [2.75, 3.05) is 0 Å². The highest BCUT2D eigenvalue weighted by Crippen LogP contribution is 2.20. The van der Waals surface area contributed by atoms with Crippen molar-refractivity contribution in [3.8, 4) is 0 Å². The summed E-state index contributed by atoms with van der Waals surface area (Å²) in [6.45, 7) is 6.79. The molecule has 0 N–H and O–H groups in total. The van der Waals surface area contributed by atoms with Gasteiger partial charge in [-0.3, -0.25) is 4.99 Å². The Bertz CT molecular complexity index is 203. The van der Waals surface area contributed by atoms with E-state index in [2.05, 4.69) is 31.8 Å². The largest absolute Gasteiger partial charge is 0.290 e. The molecule has 0 aliphatic carbocycles. The van der Waals surface area contributed by atoms with Crippen LogP contribution in [0.2, 0.25) is 0 Å². The summed E-state index contributed by atoms with van der Waals surface area (Å²) in [5.74, 6) is 0.870.